The van der Waals surface area contributed by atoms with Crippen molar-refractivity contribution in [3.8, 4) is 0 Å². The molecule has 1 heterocycles. The van der Waals surface area contributed by atoms with E-state index in [1.165, 1.54) is 31.8 Å². The monoisotopic (exact) mass is 431 g/mol. The number of benzene rings is 2. The van der Waals surface area contributed by atoms with Crippen LogP contribution in [0.15, 0.2) is 59.5 Å². The predicted octanol–water partition coefficient (Wildman–Crippen LogP) is 1.78. The number of ether oxygens (including phenoxy) is 1. The first-order valence-electron chi connectivity index (χ1n) is 10.0. The molecule has 1 fully saturated rings. The minimum absolute atomic E-state index is 0.119. The Morgan fingerprint density at radius 1 is 1.10 bits per heavy atom. The molecule has 0 aromatic heterocycles. The second-order valence-corrected chi connectivity index (χ2v) is 9.60. The molecule has 30 heavy (non-hydrogen) atoms. The average molecular weight is 432 g/mol. The SMILES string of the molecule is CN(C)S(=O)(=O)c1cccc(C(=O)CNCC(c2ccccc2)N2CCOCC2)c1. The van der Waals surface area contributed by atoms with Crippen molar-refractivity contribution in [2.24, 2.45) is 0 Å². The highest BCUT2D eigenvalue weighted by Gasteiger charge is 2.23. The van der Waals surface area contributed by atoms with E-state index in [0.29, 0.717) is 25.3 Å². The van der Waals surface area contributed by atoms with Crippen LogP contribution in [0.25, 0.3) is 0 Å². The number of morpholine rings is 1. The van der Waals surface area contributed by atoms with E-state index in [1.54, 1.807) is 12.1 Å². The Kier molecular flexibility index (Phi) is 7.74. The number of hydrogen-bond acceptors (Lipinski definition) is 6. The average Bonchev–Trinajstić information content (AvgIpc) is 2.77. The van der Waals surface area contributed by atoms with E-state index in [0.717, 1.165) is 17.4 Å². The highest BCUT2D eigenvalue weighted by Crippen LogP contribution is 2.21. The summed E-state index contributed by atoms with van der Waals surface area (Å²) in [5.74, 6) is -0.139. The van der Waals surface area contributed by atoms with Crippen molar-refractivity contribution in [1.82, 2.24) is 14.5 Å². The van der Waals surface area contributed by atoms with Crippen LogP contribution >= 0.6 is 0 Å². The molecule has 1 aliphatic heterocycles. The van der Waals surface area contributed by atoms with E-state index in [4.69, 9.17) is 4.74 Å². The molecule has 0 aliphatic carbocycles. The Balaban J connectivity index is 1.66. The number of rotatable bonds is 9. The van der Waals surface area contributed by atoms with Crippen molar-refractivity contribution < 1.29 is 17.9 Å². The van der Waals surface area contributed by atoms with Crippen molar-refractivity contribution in [2.45, 2.75) is 10.9 Å². The fourth-order valence-electron chi connectivity index (χ4n) is 3.49. The summed E-state index contributed by atoms with van der Waals surface area (Å²) in [4.78, 5) is 15.2. The standard InChI is InChI=1S/C22H29N3O4S/c1-24(2)30(27,28)20-10-6-9-19(15-20)22(26)17-23-16-21(18-7-4-3-5-8-18)25-11-13-29-14-12-25/h3-10,15,21,23H,11-14,16-17H2,1-2H3. The lowest BCUT2D eigenvalue weighted by Gasteiger charge is -2.35. The van der Waals surface area contributed by atoms with Crippen molar-refractivity contribution in [3.05, 3.63) is 65.7 Å². The number of carbonyl (C=O) groups is 1. The molecule has 1 N–H and O–H groups in total. The first-order valence-corrected chi connectivity index (χ1v) is 11.5. The van der Waals surface area contributed by atoms with E-state index < -0.39 is 10.0 Å². The lowest BCUT2D eigenvalue weighted by atomic mass is 10.0. The van der Waals surface area contributed by atoms with Gasteiger partial charge in [-0.1, -0.05) is 42.5 Å². The largest absolute Gasteiger partial charge is 0.379 e. The Morgan fingerprint density at radius 2 is 1.80 bits per heavy atom. The van der Waals surface area contributed by atoms with Crippen LogP contribution in [0.4, 0.5) is 0 Å². The normalized spacial score (nSPS) is 16.5. The van der Waals surface area contributed by atoms with E-state index in [1.807, 2.05) is 18.2 Å². The van der Waals surface area contributed by atoms with Crippen molar-refractivity contribution in [2.75, 3.05) is 53.5 Å². The van der Waals surface area contributed by atoms with Crippen LogP contribution in [0.3, 0.4) is 0 Å². The molecule has 0 spiro atoms. The molecule has 0 radical (unpaired) electrons. The Hall–Kier alpha value is -2.10. The molecule has 1 unspecified atom stereocenters. The number of sulfonamides is 1. The number of ketones is 1. The van der Waals surface area contributed by atoms with Gasteiger partial charge in [0.15, 0.2) is 5.78 Å². The Bertz CT molecular complexity index is 942. The molecule has 2 aromatic rings. The third kappa shape index (κ3) is 5.53. The molecular weight excluding hydrogens is 402 g/mol. The van der Waals surface area contributed by atoms with Gasteiger partial charge in [-0.15, -0.1) is 0 Å². The number of hydrogen-bond donors (Lipinski definition) is 1. The van der Waals surface area contributed by atoms with Crippen LogP contribution in [-0.4, -0.2) is 76.9 Å². The summed E-state index contributed by atoms with van der Waals surface area (Å²) in [5.41, 5.74) is 1.58. The quantitative estimate of drug-likeness (QED) is 0.610. The van der Waals surface area contributed by atoms with Gasteiger partial charge in [-0.2, -0.15) is 0 Å². The van der Waals surface area contributed by atoms with Gasteiger partial charge in [0.05, 0.1) is 24.7 Å². The molecule has 2 aromatic carbocycles. The zero-order valence-corrected chi connectivity index (χ0v) is 18.3. The van der Waals surface area contributed by atoms with Gasteiger partial charge in [-0.25, -0.2) is 12.7 Å². The summed E-state index contributed by atoms with van der Waals surface area (Å²) in [6, 6.07) is 16.6. The molecule has 162 valence electrons. The third-order valence-electron chi connectivity index (χ3n) is 5.23. The van der Waals surface area contributed by atoms with Gasteiger partial charge in [-0.3, -0.25) is 9.69 Å². The molecular formula is C22H29N3O4S. The molecule has 0 bridgehead atoms. The molecule has 3 rings (SSSR count). The van der Waals surface area contributed by atoms with Crippen LogP contribution in [0.1, 0.15) is 22.0 Å². The second kappa shape index (κ2) is 10.3. The maximum absolute atomic E-state index is 12.7. The summed E-state index contributed by atoms with van der Waals surface area (Å²) in [5, 5.41) is 3.27. The molecule has 1 atom stereocenters. The minimum atomic E-state index is -3.58. The van der Waals surface area contributed by atoms with Crippen LogP contribution < -0.4 is 5.32 Å². The lowest BCUT2D eigenvalue weighted by Crippen LogP contribution is -2.43. The van der Waals surface area contributed by atoms with Crippen molar-refractivity contribution in [1.29, 1.82) is 0 Å². The van der Waals surface area contributed by atoms with Gasteiger partial charge in [-0.05, 0) is 17.7 Å². The maximum Gasteiger partial charge on any atom is 0.242 e. The highest BCUT2D eigenvalue weighted by molar-refractivity contribution is 7.89. The van der Waals surface area contributed by atoms with Gasteiger partial charge in [0.25, 0.3) is 0 Å². The smallest absolute Gasteiger partial charge is 0.242 e. The minimum Gasteiger partial charge on any atom is -0.379 e. The van der Waals surface area contributed by atoms with E-state index in [9.17, 15) is 13.2 Å². The Morgan fingerprint density at radius 3 is 2.47 bits per heavy atom. The van der Waals surface area contributed by atoms with Gasteiger partial charge < -0.3 is 10.1 Å². The topological polar surface area (TPSA) is 79.0 Å². The number of Topliss-reactive ketones (excluding diaryl/α,β-unsaturated/α-hetero) is 1. The first kappa shape index (κ1) is 22.6. The van der Waals surface area contributed by atoms with Crippen molar-refractivity contribution >= 4 is 15.8 Å². The highest BCUT2D eigenvalue weighted by atomic mass is 32.2. The summed E-state index contributed by atoms with van der Waals surface area (Å²) >= 11 is 0. The third-order valence-corrected chi connectivity index (χ3v) is 7.04. The summed E-state index contributed by atoms with van der Waals surface area (Å²) in [7, 11) is -0.629. The van der Waals surface area contributed by atoms with E-state index >= 15 is 0 Å². The van der Waals surface area contributed by atoms with Gasteiger partial charge in [0.2, 0.25) is 10.0 Å². The zero-order valence-electron chi connectivity index (χ0n) is 17.5. The molecule has 1 aliphatic rings. The van der Waals surface area contributed by atoms with E-state index in [-0.39, 0.29) is 23.3 Å². The van der Waals surface area contributed by atoms with E-state index in [2.05, 4.69) is 22.3 Å². The fraction of sp³-hybridized carbons (Fsp3) is 0.409. The summed E-state index contributed by atoms with van der Waals surface area (Å²) < 4.78 is 31.3. The molecule has 8 heteroatoms. The van der Waals surface area contributed by atoms with Gasteiger partial charge >= 0.3 is 0 Å². The number of carbonyl (C=O) groups excluding carboxylic acids is 1. The predicted molar refractivity (Wildman–Crippen MR) is 116 cm³/mol. The van der Waals surface area contributed by atoms with Crippen LogP contribution in [-0.2, 0) is 14.8 Å². The number of nitrogens with zero attached hydrogens (tertiary/aromatic N) is 2. The molecule has 0 amide bonds. The summed E-state index contributed by atoms with van der Waals surface area (Å²) in [6.07, 6.45) is 0. The first-order chi connectivity index (χ1) is 14.4. The number of nitrogens with one attached hydrogen (secondary N) is 1. The van der Waals surface area contributed by atoms with Crippen molar-refractivity contribution in [3.63, 3.8) is 0 Å². The second-order valence-electron chi connectivity index (χ2n) is 7.44. The van der Waals surface area contributed by atoms with Gasteiger partial charge in [0.1, 0.15) is 0 Å². The van der Waals surface area contributed by atoms with Gasteiger partial charge in [0, 0.05) is 45.3 Å². The zero-order chi connectivity index (χ0) is 21.6. The summed E-state index contributed by atoms with van der Waals surface area (Å²) in [6.45, 7) is 3.86. The maximum atomic E-state index is 12.7. The molecule has 1 saturated heterocycles. The fourth-order valence-corrected chi connectivity index (χ4v) is 4.44. The van der Waals surface area contributed by atoms with Crippen LogP contribution in [0.2, 0.25) is 0 Å². The molecule has 0 saturated carbocycles. The van der Waals surface area contributed by atoms with Crippen LogP contribution in [0, 0.1) is 0 Å². The van der Waals surface area contributed by atoms with Crippen LogP contribution in [0.5, 0.6) is 0 Å². The Labute approximate surface area is 178 Å². The molecule has 7 nitrogen and oxygen atoms in total. The lowest BCUT2D eigenvalue weighted by molar-refractivity contribution is 0.0162.